The molecule has 0 saturated carbocycles. The van der Waals surface area contributed by atoms with Gasteiger partial charge in [-0.05, 0) is 37.1 Å². The zero-order valence-electron chi connectivity index (χ0n) is 12.9. The third-order valence-electron chi connectivity index (χ3n) is 4.02. The van der Waals surface area contributed by atoms with Crippen molar-refractivity contribution in [1.82, 2.24) is 15.2 Å². The van der Waals surface area contributed by atoms with Gasteiger partial charge in [0.05, 0.1) is 6.20 Å². The first kappa shape index (κ1) is 13.7. The van der Waals surface area contributed by atoms with E-state index in [1.807, 2.05) is 12.1 Å². The maximum absolute atomic E-state index is 4.61. The highest BCUT2D eigenvalue weighted by Crippen LogP contribution is 2.33. The molecule has 0 saturated heterocycles. The number of aromatic nitrogens is 3. The number of nitrogens with zero attached hydrogens (tertiary/aromatic N) is 4. The van der Waals surface area contributed by atoms with Crippen molar-refractivity contribution in [3.8, 4) is 0 Å². The molecule has 1 N–H and O–H groups in total. The number of aryl methyl sites for hydroxylation is 1. The Bertz CT molecular complexity index is 829. The molecule has 4 rings (SSSR count). The van der Waals surface area contributed by atoms with E-state index in [4.69, 9.17) is 0 Å². The molecule has 0 unspecified atom stereocenters. The quantitative estimate of drug-likeness (QED) is 0.801. The molecule has 0 bridgehead atoms. The highest BCUT2D eigenvalue weighted by atomic mass is 15.3. The van der Waals surface area contributed by atoms with Gasteiger partial charge < -0.3 is 10.2 Å². The summed E-state index contributed by atoms with van der Waals surface area (Å²) in [5.74, 6) is 1.33. The van der Waals surface area contributed by atoms with Crippen LogP contribution in [0.15, 0.2) is 54.7 Å². The van der Waals surface area contributed by atoms with E-state index in [2.05, 4.69) is 68.7 Å². The van der Waals surface area contributed by atoms with Crippen molar-refractivity contribution in [1.29, 1.82) is 0 Å². The lowest BCUT2D eigenvalue weighted by atomic mass is 10.2. The third-order valence-corrected chi connectivity index (χ3v) is 4.02. The fourth-order valence-electron chi connectivity index (χ4n) is 2.82. The number of benzene rings is 2. The topological polar surface area (TPSA) is 53.9 Å². The summed E-state index contributed by atoms with van der Waals surface area (Å²) >= 11 is 0. The van der Waals surface area contributed by atoms with Gasteiger partial charge in [0.2, 0.25) is 5.95 Å². The molecule has 2 heterocycles. The third kappa shape index (κ3) is 2.73. The van der Waals surface area contributed by atoms with Gasteiger partial charge in [-0.15, -0.1) is 5.10 Å². The molecule has 2 aromatic carbocycles. The Morgan fingerprint density at radius 3 is 2.74 bits per heavy atom. The van der Waals surface area contributed by atoms with E-state index in [1.54, 1.807) is 6.20 Å². The summed E-state index contributed by atoms with van der Waals surface area (Å²) in [6, 6.07) is 16.5. The zero-order chi connectivity index (χ0) is 15.6. The summed E-state index contributed by atoms with van der Waals surface area (Å²) in [4.78, 5) is 6.80. The van der Waals surface area contributed by atoms with Crippen molar-refractivity contribution in [2.45, 2.75) is 13.3 Å². The minimum absolute atomic E-state index is 0.510. The highest BCUT2D eigenvalue weighted by Gasteiger charge is 2.21. The van der Waals surface area contributed by atoms with Crippen LogP contribution in [0.1, 0.15) is 11.1 Å². The molecular weight excluding hydrogens is 286 g/mol. The van der Waals surface area contributed by atoms with Crippen molar-refractivity contribution in [2.75, 3.05) is 16.8 Å². The molecule has 0 fully saturated rings. The second-order valence-electron chi connectivity index (χ2n) is 5.66. The molecule has 1 aliphatic heterocycles. The SMILES string of the molecule is Cc1ccc(Nc2nncc(N3CCc4ccccc43)n2)cc1. The predicted octanol–water partition coefficient (Wildman–Crippen LogP) is 3.62. The van der Waals surface area contributed by atoms with Crippen LogP contribution in [0.3, 0.4) is 0 Å². The van der Waals surface area contributed by atoms with Crippen molar-refractivity contribution in [2.24, 2.45) is 0 Å². The molecule has 1 aliphatic rings. The van der Waals surface area contributed by atoms with Crippen LogP contribution < -0.4 is 10.2 Å². The van der Waals surface area contributed by atoms with Gasteiger partial charge in [-0.2, -0.15) is 10.1 Å². The Balaban J connectivity index is 1.61. The van der Waals surface area contributed by atoms with Crippen LogP contribution in [0.2, 0.25) is 0 Å². The number of para-hydroxylation sites is 1. The number of anilines is 4. The van der Waals surface area contributed by atoms with Crippen LogP contribution in [-0.2, 0) is 6.42 Å². The summed E-state index contributed by atoms with van der Waals surface area (Å²) in [6.45, 7) is 2.98. The fraction of sp³-hybridized carbons (Fsp3) is 0.167. The van der Waals surface area contributed by atoms with E-state index in [0.29, 0.717) is 5.95 Å². The van der Waals surface area contributed by atoms with Gasteiger partial charge in [0.1, 0.15) is 0 Å². The Labute approximate surface area is 135 Å². The molecule has 5 nitrogen and oxygen atoms in total. The van der Waals surface area contributed by atoms with Crippen molar-refractivity contribution in [3.63, 3.8) is 0 Å². The standard InChI is InChI=1S/C18H17N5/c1-13-6-8-15(9-7-13)20-18-21-17(12-19-22-18)23-11-10-14-4-2-3-5-16(14)23/h2-9,12H,10-11H2,1H3,(H,20,21,22). The summed E-state index contributed by atoms with van der Waals surface area (Å²) in [5.41, 5.74) is 4.72. The van der Waals surface area contributed by atoms with E-state index in [-0.39, 0.29) is 0 Å². The van der Waals surface area contributed by atoms with Crippen LogP contribution >= 0.6 is 0 Å². The number of hydrogen-bond donors (Lipinski definition) is 1. The lowest BCUT2D eigenvalue weighted by molar-refractivity contribution is 0.920. The summed E-state index contributed by atoms with van der Waals surface area (Å²) in [6.07, 6.45) is 2.74. The monoisotopic (exact) mass is 303 g/mol. The smallest absolute Gasteiger partial charge is 0.249 e. The highest BCUT2D eigenvalue weighted by molar-refractivity contribution is 5.67. The predicted molar refractivity (Wildman–Crippen MR) is 91.4 cm³/mol. The molecule has 1 aromatic heterocycles. The average molecular weight is 303 g/mol. The average Bonchev–Trinajstić information content (AvgIpc) is 3.01. The van der Waals surface area contributed by atoms with Crippen molar-refractivity contribution < 1.29 is 0 Å². The second kappa shape index (κ2) is 5.68. The van der Waals surface area contributed by atoms with Gasteiger partial charge in [0.15, 0.2) is 5.82 Å². The summed E-state index contributed by atoms with van der Waals surface area (Å²) < 4.78 is 0. The van der Waals surface area contributed by atoms with Gasteiger partial charge in [0.25, 0.3) is 0 Å². The first-order chi connectivity index (χ1) is 11.3. The zero-order valence-corrected chi connectivity index (χ0v) is 12.9. The van der Waals surface area contributed by atoms with Gasteiger partial charge in [-0.25, -0.2) is 0 Å². The first-order valence-electron chi connectivity index (χ1n) is 7.68. The molecule has 23 heavy (non-hydrogen) atoms. The lowest BCUT2D eigenvalue weighted by Gasteiger charge is -2.18. The molecule has 0 aliphatic carbocycles. The van der Waals surface area contributed by atoms with E-state index >= 15 is 0 Å². The minimum Gasteiger partial charge on any atom is -0.324 e. The molecule has 0 spiro atoms. The normalized spacial score (nSPS) is 13.0. The number of nitrogens with one attached hydrogen (secondary N) is 1. The fourth-order valence-corrected chi connectivity index (χ4v) is 2.82. The van der Waals surface area contributed by atoms with Gasteiger partial charge >= 0.3 is 0 Å². The lowest BCUT2D eigenvalue weighted by Crippen LogP contribution is -2.16. The van der Waals surface area contributed by atoms with Crippen LogP contribution in [0.5, 0.6) is 0 Å². The maximum atomic E-state index is 4.61. The van der Waals surface area contributed by atoms with Gasteiger partial charge in [-0.3, -0.25) is 0 Å². The first-order valence-corrected chi connectivity index (χ1v) is 7.68. The summed E-state index contributed by atoms with van der Waals surface area (Å²) in [5, 5.41) is 11.4. The minimum atomic E-state index is 0.510. The van der Waals surface area contributed by atoms with Crippen LogP contribution in [0, 0.1) is 6.92 Å². The van der Waals surface area contributed by atoms with Gasteiger partial charge in [-0.1, -0.05) is 35.9 Å². The van der Waals surface area contributed by atoms with E-state index in [9.17, 15) is 0 Å². The summed E-state index contributed by atoms with van der Waals surface area (Å²) in [7, 11) is 0. The molecule has 0 radical (unpaired) electrons. The van der Waals surface area contributed by atoms with E-state index < -0.39 is 0 Å². The molecule has 0 amide bonds. The van der Waals surface area contributed by atoms with Crippen LogP contribution in [-0.4, -0.2) is 21.7 Å². The van der Waals surface area contributed by atoms with E-state index in [1.165, 1.54) is 16.8 Å². The van der Waals surface area contributed by atoms with E-state index in [0.717, 1.165) is 24.5 Å². The maximum Gasteiger partial charge on any atom is 0.249 e. The largest absolute Gasteiger partial charge is 0.324 e. The number of rotatable bonds is 3. The number of hydrogen-bond acceptors (Lipinski definition) is 5. The van der Waals surface area contributed by atoms with Crippen molar-refractivity contribution >= 4 is 23.1 Å². The molecule has 114 valence electrons. The number of fused-ring (bicyclic) bond motifs is 1. The Morgan fingerprint density at radius 1 is 1.04 bits per heavy atom. The molecular formula is C18H17N5. The Kier molecular flexibility index (Phi) is 3.38. The Hall–Kier alpha value is -2.95. The van der Waals surface area contributed by atoms with Crippen molar-refractivity contribution in [3.05, 3.63) is 65.9 Å². The van der Waals surface area contributed by atoms with Crippen LogP contribution in [0.4, 0.5) is 23.1 Å². The molecule has 3 aromatic rings. The van der Waals surface area contributed by atoms with Gasteiger partial charge in [0, 0.05) is 17.9 Å². The molecule has 0 atom stereocenters. The Morgan fingerprint density at radius 2 is 1.87 bits per heavy atom. The van der Waals surface area contributed by atoms with Crippen LogP contribution in [0.25, 0.3) is 0 Å². The second-order valence-corrected chi connectivity index (χ2v) is 5.66. The molecule has 5 heteroatoms.